The molecule has 2 heterocycles. The van der Waals surface area contributed by atoms with E-state index in [2.05, 4.69) is 10.2 Å². The Morgan fingerprint density at radius 3 is 2.39 bits per heavy atom. The minimum atomic E-state index is -4.06. The van der Waals surface area contributed by atoms with Crippen molar-refractivity contribution >= 4 is 33.3 Å². The van der Waals surface area contributed by atoms with Crippen LogP contribution in [0.3, 0.4) is 0 Å². The molecule has 0 aliphatic carbocycles. The molecule has 1 aliphatic rings. The van der Waals surface area contributed by atoms with Gasteiger partial charge < -0.3 is 24.1 Å². The van der Waals surface area contributed by atoms with E-state index in [1.165, 1.54) is 0 Å². The Morgan fingerprint density at radius 1 is 1.11 bits per heavy atom. The Hall–Kier alpha value is -2.89. The number of nitrogens with zero attached hydrogens (tertiary/aromatic N) is 1. The van der Waals surface area contributed by atoms with Gasteiger partial charge in [0.05, 0.1) is 13.2 Å². The van der Waals surface area contributed by atoms with Crippen molar-refractivity contribution in [3.8, 4) is 0 Å². The maximum Gasteiger partial charge on any atom is 0.374 e. The summed E-state index contributed by atoms with van der Waals surface area (Å²) in [5.41, 5.74) is 1.57. The summed E-state index contributed by atoms with van der Waals surface area (Å²) < 4.78 is 37.2. The maximum atomic E-state index is 11.9. The zero-order valence-electron chi connectivity index (χ0n) is 14.8. The molecule has 0 atom stereocenters. The molecule has 1 aliphatic heterocycles. The average Bonchev–Trinajstić information content (AvgIpc) is 3.18. The number of hydrogen-bond acceptors (Lipinski definition) is 8. The Kier molecular flexibility index (Phi) is 5.97. The van der Waals surface area contributed by atoms with E-state index in [9.17, 15) is 18.0 Å². The van der Waals surface area contributed by atoms with Gasteiger partial charge in [0.1, 0.15) is 0 Å². The van der Waals surface area contributed by atoms with Gasteiger partial charge in [0.15, 0.2) is 6.61 Å². The van der Waals surface area contributed by atoms with E-state index in [0.717, 1.165) is 30.9 Å². The van der Waals surface area contributed by atoms with Crippen LogP contribution in [0, 0.1) is 0 Å². The highest BCUT2D eigenvalue weighted by Crippen LogP contribution is 2.19. The zero-order chi connectivity index (χ0) is 20.1. The number of morpholine rings is 1. The van der Waals surface area contributed by atoms with Crippen molar-refractivity contribution in [2.45, 2.75) is 5.09 Å². The molecule has 1 fully saturated rings. The Morgan fingerprint density at radius 2 is 1.79 bits per heavy atom. The van der Waals surface area contributed by atoms with Crippen LogP contribution in [0.2, 0.25) is 0 Å². The third kappa shape index (κ3) is 5.09. The van der Waals surface area contributed by atoms with E-state index in [1.54, 1.807) is 12.1 Å². The largest absolute Gasteiger partial charge is 0.450 e. The molecule has 150 valence electrons. The van der Waals surface area contributed by atoms with Gasteiger partial charge in [-0.1, -0.05) is 0 Å². The molecule has 2 aromatic rings. The SMILES string of the molecule is NS(=O)(=O)c1ccc(C(=O)OCC(=O)Nc2ccc(N3CCOCC3)cc2)o1. The number of hydrogen-bond donors (Lipinski definition) is 2. The first-order valence-corrected chi connectivity index (χ1v) is 9.90. The Labute approximate surface area is 161 Å². The van der Waals surface area contributed by atoms with Gasteiger partial charge in [-0.25, -0.2) is 18.4 Å². The number of carbonyl (C=O) groups excluding carboxylic acids is 2. The number of benzene rings is 1. The quantitative estimate of drug-likeness (QED) is 0.659. The van der Waals surface area contributed by atoms with E-state index in [-0.39, 0.29) is 5.76 Å². The molecule has 1 amide bonds. The normalized spacial score (nSPS) is 14.5. The smallest absolute Gasteiger partial charge is 0.374 e. The first-order chi connectivity index (χ1) is 13.3. The highest BCUT2D eigenvalue weighted by molar-refractivity contribution is 7.89. The van der Waals surface area contributed by atoms with Crippen molar-refractivity contribution in [2.24, 2.45) is 5.14 Å². The summed E-state index contributed by atoms with van der Waals surface area (Å²) in [5, 5.41) is 6.93. The second-order valence-corrected chi connectivity index (χ2v) is 7.43. The number of ether oxygens (including phenoxy) is 2. The fraction of sp³-hybridized carbons (Fsp3) is 0.294. The van der Waals surface area contributed by atoms with Gasteiger partial charge in [-0.3, -0.25) is 4.79 Å². The second-order valence-electron chi connectivity index (χ2n) is 5.93. The van der Waals surface area contributed by atoms with Gasteiger partial charge in [-0.05, 0) is 36.4 Å². The number of primary sulfonamides is 1. The third-order valence-corrected chi connectivity index (χ3v) is 4.70. The van der Waals surface area contributed by atoms with Crippen LogP contribution in [-0.4, -0.2) is 53.2 Å². The lowest BCUT2D eigenvalue weighted by Gasteiger charge is -2.28. The number of sulfonamides is 1. The summed E-state index contributed by atoms with van der Waals surface area (Å²) >= 11 is 0. The van der Waals surface area contributed by atoms with Crippen LogP contribution in [0.1, 0.15) is 10.6 Å². The lowest BCUT2D eigenvalue weighted by molar-refractivity contribution is -0.119. The predicted molar refractivity (Wildman–Crippen MR) is 98.5 cm³/mol. The van der Waals surface area contributed by atoms with Crippen molar-refractivity contribution in [3.05, 3.63) is 42.2 Å². The summed E-state index contributed by atoms with van der Waals surface area (Å²) in [4.78, 5) is 25.9. The number of carbonyl (C=O) groups is 2. The summed E-state index contributed by atoms with van der Waals surface area (Å²) in [5.74, 6) is -1.90. The number of esters is 1. The topological polar surface area (TPSA) is 141 Å². The van der Waals surface area contributed by atoms with Gasteiger partial charge >= 0.3 is 5.97 Å². The van der Waals surface area contributed by atoms with E-state index in [1.807, 2.05) is 12.1 Å². The number of nitrogens with two attached hydrogens (primary N) is 1. The summed E-state index contributed by atoms with van der Waals surface area (Å²) in [6.07, 6.45) is 0. The standard InChI is InChI=1S/C17H19N3O7S/c18-28(23,24)16-6-5-14(27-16)17(22)26-11-15(21)19-12-1-3-13(4-2-12)20-7-9-25-10-8-20/h1-6H,7-11H2,(H,19,21)(H2,18,23,24). The first-order valence-electron chi connectivity index (χ1n) is 8.35. The van der Waals surface area contributed by atoms with Gasteiger partial charge in [0.2, 0.25) is 10.9 Å². The van der Waals surface area contributed by atoms with Crippen molar-refractivity contribution in [1.82, 2.24) is 0 Å². The second kappa shape index (κ2) is 8.42. The molecular formula is C17H19N3O7S. The lowest BCUT2D eigenvalue weighted by Crippen LogP contribution is -2.36. The summed E-state index contributed by atoms with van der Waals surface area (Å²) in [6, 6.07) is 9.38. The van der Waals surface area contributed by atoms with Crippen LogP contribution in [0.25, 0.3) is 0 Å². The van der Waals surface area contributed by atoms with Crippen LogP contribution in [-0.2, 0) is 24.3 Å². The molecule has 0 saturated carbocycles. The molecule has 3 rings (SSSR count). The first kappa shape index (κ1) is 19.9. The number of nitrogens with one attached hydrogen (secondary N) is 1. The van der Waals surface area contributed by atoms with Crippen molar-refractivity contribution < 1.29 is 31.9 Å². The lowest BCUT2D eigenvalue weighted by atomic mass is 10.2. The fourth-order valence-corrected chi connectivity index (χ4v) is 3.02. The van der Waals surface area contributed by atoms with Crippen LogP contribution >= 0.6 is 0 Å². The van der Waals surface area contributed by atoms with Crippen molar-refractivity contribution in [1.29, 1.82) is 0 Å². The monoisotopic (exact) mass is 409 g/mol. The number of amides is 1. The minimum absolute atomic E-state index is 0.369. The molecule has 0 unspecified atom stereocenters. The highest BCUT2D eigenvalue weighted by Gasteiger charge is 2.19. The zero-order valence-corrected chi connectivity index (χ0v) is 15.6. The van der Waals surface area contributed by atoms with Gasteiger partial charge in [0.25, 0.3) is 15.9 Å². The van der Waals surface area contributed by atoms with Gasteiger partial charge in [-0.2, -0.15) is 0 Å². The fourth-order valence-electron chi connectivity index (χ4n) is 2.56. The number of anilines is 2. The molecule has 1 aromatic carbocycles. The third-order valence-electron chi connectivity index (χ3n) is 3.92. The molecule has 1 saturated heterocycles. The molecule has 0 bridgehead atoms. The van der Waals surface area contributed by atoms with E-state index >= 15 is 0 Å². The van der Waals surface area contributed by atoms with Crippen molar-refractivity contribution in [3.63, 3.8) is 0 Å². The molecule has 3 N–H and O–H groups in total. The number of furan rings is 1. The van der Waals surface area contributed by atoms with Crippen molar-refractivity contribution in [2.75, 3.05) is 43.1 Å². The summed E-state index contributed by atoms with van der Waals surface area (Å²) in [7, 11) is -4.06. The van der Waals surface area contributed by atoms with Crippen LogP contribution in [0.15, 0.2) is 45.9 Å². The average molecular weight is 409 g/mol. The minimum Gasteiger partial charge on any atom is -0.450 e. The molecule has 1 aromatic heterocycles. The predicted octanol–water partition coefficient (Wildman–Crippen LogP) is 0.559. The van der Waals surface area contributed by atoms with E-state index < -0.39 is 33.6 Å². The van der Waals surface area contributed by atoms with Crippen LogP contribution in [0.5, 0.6) is 0 Å². The van der Waals surface area contributed by atoms with Gasteiger partial charge in [-0.15, -0.1) is 0 Å². The molecule has 28 heavy (non-hydrogen) atoms. The van der Waals surface area contributed by atoms with Crippen LogP contribution in [0.4, 0.5) is 11.4 Å². The molecule has 0 radical (unpaired) electrons. The number of rotatable bonds is 6. The van der Waals surface area contributed by atoms with Crippen LogP contribution < -0.4 is 15.4 Å². The maximum absolute atomic E-state index is 11.9. The summed E-state index contributed by atoms with van der Waals surface area (Å²) in [6.45, 7) is 2.41. The van der Waals surface area contributed by atoms with E-state index in [0.29, 0.717) is 18.9 Å². The Bertz CT molecular complexity index is 947. The molecule has 0 spiro atoms. The Balaban J connectivity index is 1.50. The van der Waals surface area contributed by atoms with Gasteiger partial charge in [0, 0.05) is 24.5 Å². The molecule has 11 heteroatoms. The molecule has 10 nitrogen and oxygen atoms in total. The highest BCUT2D eigenvalue weighted by atomic mass is 32.2. The van der Waals surface area contributed by atoms with E-state index in [4.69, 9.17) is 19.0 Å². The molecular weight excluding hydrogens is 390 g/mol.